The number of anilines is 1. The molecule has 0 unspecified atom stereocenters. The topological polar surface area (TPSA) is 84.1 Å². The molecule has 0 fully saturated rings. The Morgan fingerprint density at radius 1 is 1.47 bits per heavy atom. The van der Waals surface area contributed by atoms with Gasteiger partial charge in [0, 0.05) is 24.2 Å². The second kappa shape index (κ2) is 5.81. The van der Waals surface area contributed by atoms with E-state index in [1.54, 1.807) is 31.3 Å². The summed E-state index contributed by atoms with van der Waals surface area (Å²) in [5.74, 6) is 0.175. The van der Waals surface area contributed by atoms with Crippen molar-refractivity contribution in [3.8, 4) is 5.75 Å². The molecule has 2 aromatic rings. The predicted molar refractivity (Wildman–Crippen MR) is 70.2 cm³/mol. The fourth-order valence-corrected chi connectivity index (χ4v) is 1.43. The normalized spacial score (nSPS) is 9.95. The van der Waals surface area contributed by atoms with E-state index in [2.05, 4.69) is 15.3 Å². The van der Waals surface area contributed by atoms with E-state index in [9.17, 15) is 9.59 Å². The van der Waals surface area contributed by atoms with Crippen molar-refractivity contribution in [2.24, 2.45) is 0 Å². The zero-order valence-electron chi connectivity index (χ0n) is 10.3. The number of hydrogen-bond donors (Lipinski definition) is 2. The van der Waals surface area contributed by atoms with Crippen molar-refractivity contribution in [2.75, 3.05) is 11.9 Å². The maximum atomic E-state index is 11.6. The molecular formula is C13H13N3O3. The first-order valence-corrected chi connectivity index (χ1v) is 5.68. The molecule has 0 radical (unpaired) electrons. The number of rotatable bonds is 4. The fourth-order valence-electron chi connectivity index (χ4n) is 1.43. The van der Waals surface area contributed by atoms with Gasteiger partial charge in [0.25, 0.3) is 5.91 Å². The summed E-state index contributed by atoms with van der Waals surface area (Å²) in [5, 5.41) is 2.56. The van der Waals surface area contributed by atoms with Crippen molar-refractivity contribution < 1.29 is 9.53 Å². The minimum absolute atomic E-state index is 0.113. The summed E-state index contributed by atoms with van der Waals surface area (Å²) < 4.78 is 5.14. The monoisotopic (exact) mass is 259 g/mol. The second-order valence-electron chi connectivity index (χ2n) is 3.90. The van der Waals surface area contributed by atoms with Gasteiger partial charge in [0.1, 0.15) is 5.82 Å². The summed E-state index contributed by atoms with van der Waals surface area (Å²) in [7, 11) is 0. The van der Waals surface area contributed by atoms with Gasteiger partial charge in [-0.05, 0) is 19.1 Å². The first kappa shape index (κ1) is 12.8. The van der Waals surface area contributed by atoms with Gasteiger partial charge in [-0.15, -0.1) is 0 Å². The Balaban J connectivity index is 1.92. The van der Waals surface area contributed by atoms with E-state index < -0.39 is 0 Å². The van der Waals surface area contributed by atoms with E-state index in [1.807, 2.05) is 0 Å². The van der Waals surface area contributed by atoms with Gasteiger partial charge in [-0.2, -0.15) is 0 Å². The van der Waals surface area contributed by atoms with Crippen molar-refractivity contribution in [3.05, 3.63) is 52.6 Å². The molecule has 1 amide bonds. The van der Waals surface area contributed by atoms with E-state index in [1.165, 1.54) is 12.3 Å². The molecule has 0 aromatic carbocycles. The number of hydrogen-bond acceptors (Lipinski definition) is 4. The van der Waals surface area contributed by atoms with Crippen LogP contribution in [0.5, 0.6) is 5.75 Å². The van der Waals surface area contributed by atoms with Crippen LogP contribution in [0.3, 0.4) is 0 Å². The first-order valence-electron chi connectivity index (χ1n) is 5.68. The smallest absolute Gasteiger partial charge is 0.263 e. The summed E-state index contributed by atoms with van der Waals surface area (Å²) in [4.78, 5) is 29.9. The highest BCUT2D eigenvalue weighted by Gasteiger charge is 2.06. The molecule has 0 aliphatic carbocycles. The van der Waals surface area contributed by atoms with Crippen molar-refractivity contribution in [2.45, 2.75) is 6.92 Å². The third-order valence-electron chi connectivity index (χ3n) is 2.31. The Morgan fingerprint density at radius 2 is 2.32 bits per heavy atom. The van der Waals surface area contributed by atoms with Crippen molar-refractivity contribution >= 4 is 11.7 Å². The number of aryl methyl sites for hydroxylation is 1. The Kier molecular flexibility index (Phi) is 3.92. The van der Waals surface area contributed by atoms with Crippen LogP contribution in [0.1, 0.15) is 5.69 Å². The second-order valence-corrected chi connectivity index (χ2v) is 3.90. The lowest BCUT2D eigenvalue weighted by Gasteiger charge is -2.06. The standard InChI is InChI=1S/C13H13N3O3/c1-9-6-10(17)11(7-15-9)19-8-13(18)16-12-4-2-3-5-14-12/h2-7H,8H2,1H3,(H,15,17)(H,14,16,18). The van der Waals surface area contributed by atoms with Crippen LogP contribution in [0.15, 0.2) is 41.5 Å². The molecule has 0 aliphatic heterocycles. The van der Waals surface area contributed by atoms with Gasteiger partial charge in [-0.3, -0.25) is 9.59 Å². The maximum Gasteiger partial charge on any atom is 0.263 e. The highest BCUT2D eigenvalue weighted by atomic mass is 16.5. The summed E-state index contributed by atoms with van der Waals surface area (Å²) in [6.07, 6.45) is 3.01. The van der Waals surface area contributed by atoms with Crippen LogP contribution < -0.4 is 15.5 Å². The fraction of sp³-hybridized carbons (Fsp3) is 0.154. The summed E-state index contributed by atoms with van der Waals surface area (Å²) >= 11 is 0. The predicted octanol–water partition coefficient (Wildman–Crippen LogP) is 1.10. The van der Waals surface area contributed by atoms with E-state index >= 15 is 0 Å². The number of amides is 1. The Morgan fingerprint density at radius 3 is 3.00 bits per heavy atom. The van der Waals surface area contributed by atoms with Gasteiger partial charge < -0.3 is 15.0 Å². The van der Waals surface area contributed by atoms with Gasteiger partial charge in [0.15, 0.2) is 12.4 Å². The number of nitrogens with zero attached hydrogens (tertiary/aromatic N) is 1. The largest absolute Gasteiger partial charge is 0.478 e. The van der Waals surface area contributed by atoms with E-state index in [0.29, 0.717) is 5.82 Å². The average molecular weight is 259 g/mol. The third-order valence-corrected chi connectivity index (χ3v) is 2.31. The maximum absolute atomic E-state index is 11.6. The number of aromatic nitrogens is 2. The molecule has 19 heavy (non-hydrogen) atoms. The molecule has 0 aliphatic rings. The van der Waals surface area contributed by atoms with Crippen LogP contribution in [-0.4, -0.2) is 22.5 Å². The SMILES string of the molecule is Cc1cc(=O)c(OCC(=O)Nc2ccccn2)c[nH]1. The molecule has 98 valence electrons. The van der Waals surface area contributed by atoms with Gasteiger partial charge in [0.05, 0.1) is 0 Å². The van der Waals surface area contributed by atoms with Crippen molar-refractivity contribution in [3.63, 3.8) is 0 Å². The number of nitrogens with one attached hydrogen (secondary N) is 2. The number of carbonyl (C=O) groups excluding carboxylic acids is 1. The summed E-state index contributed by atoms with van der Waals surface area (Å²) in [6, 6.07) is 6.58. The van der Waals surface area contributed by atoms with Crippen LogP contribution >= 0.6 is 0 Å². The van der Waals surface area contributed by atoms with Gasteiger partial charge in [0.2, 0.25) is 5.43 Å². The Hall–Kier alpha value is -2.63. The first-order chi connectivity index (χ1) is 9.15. The molecule has 6 heteroatoms. The Bertz CT molecular complexity index is 623. The highest BCUT2D eigenvalue weighted by Crippen LogP contribution is 2.03. The van der Waals surface area contributed by atoms with E-state index in [4.69, 9.17) is 4.74 Å². The number of carbonyl (C=O) groups is 1. The molecule has 6 nitrogen and oxygen atoms in total. The number of aromatic amines is 1. The lowest BCUT2D eigenvalue weighted by molar-refractivity contribution is -0.118. The zero-order chi connectivity index (χ0) is 13.7. The van der Waals surface area contributed by atoms with E-state index in [0.717, 1.165) is 5.69 Å². The zero-order valence-corrected chi connectivity index (χ0v) is 10.3. The minimum Gasteiger partial charge on any atom is -0.478 e. The molecule has 2 heterocycles. The molecule has 2 rings (SSSR count). The molecule has 2 N–H and O–H groups in total. The van der Waals surface area contributed by atoms with Gasteiger partial charge in [-0.1, -0.05) is 6.07 Å². The molecular weight excluding hydrogens is 246 g/mol. The van der Waals surface area contributed by atoms with Crippen molar-refractivity contribution in [1.82, 2.24) is 9.97 Å². The summed E-state index contributed by atoms with van der Waals surface area (Å²) in [5.41, 5.74) is 0.470. The summed E-state index contributed by atoms with van der Waals surface area (Å²) in [6.45, 7) is 1.52. The lowest BCUT2D eigenvalue weighted by atomic mass is 10.3. The van der Waals surface area contributed by atoms with Crippen LogP contribution in [-0.2, 0) is 4.79 Å². The molecule has 2 aromatic heterocycles. The number of pyridine rings is 2. The molecule has 0 saturated carbocycles. The van der Waals surface area contributed by atoms with Crippen LogP contribution in [0.4, 0.5) is 5.82 Å². The average Bonchev–Trinajstić information content (AvgIpc) is 2.39. The van der Waals surface area contributed by atoms with Crippen LogP contribution in [0.2, 0.25) is 0 Å². The van der Waals surface area contributed by atoms with E-state index in [-0.39, 0.29) is 23.7 Å². The number of H-pyrrole nitrogens is 1. The minimum atomic E-state index is -0.376. The number of ether oxygens (including phenoxy) is 1. The third kappa shape index (κ3) is 3.67. The molecule has 0 saturated heterocycles. The molecule has 0 atom stereocenters. The highest BCUT2D eigenvalue weighted by molar-refractivity contribution is 5.90. The Labute approximate surface area is 109 Å². The van der Waals surface area contributed by atoms with Gasteiger partial charge in [-0.25, -0.2) is 4.98 Å². The van der Waals surface area contributed by atoms with Crippen molar-refractivity contribution in [1.29, 1.82) is 0 Å². The van der Waals surface area contributed by atoms with Crippen LogP contribution in [0, 0.1) is 6.92 Å². The molecule has 0 bridgehead atoms. The van der Waals surface area contributed by atoms with Gasteiger partial charge >= 0.3 is 0 Å². The van der Waals surface area contributed by atoms with Crippen LogP contribution in [0.25, 0.3) is 0 Å². The lowest BCUT2D eigenvalue weighted by Crippen LogP contribution is -2.22. The molecule has 0 spiro atoms. The quantitative estimate of drug-likeness (QED) is 0.861.